The first kappa shape index (κ1) is 18.8. The van der Waals surface area contributed by atoms with Gasteiger partial charge in [0, 0.05) is 6.04 Å². The highest BCUT2D eigenvalue weighted by Gasteiger charge is 2.28. The average Bonchev–Trinajstić information content (AvgIpc) is 2.62. The quantitative estimate of drug-likeness (QED) is 0.801. The fourth-order valence-corrected chi connectivity index (χ4v) is 3.04. The molecule has 0 saturated heterocycles. The molecule has 134 valence electrons. The summed E-state index contributed by atoms with van der Waals surface area (Å²) in [6, 6.07) is 8.73. The molecule has 1 aromatic carbocycles. The van der Waals surface area contributed by atoms with Gasteiger partial charge in [-0.25, -0.2) is 4.79 Å². The lowest BCUT2D eigenvalue weighted by Crippen LogP contribution is -2.45. The Kier molecular flexibility index (Phi) is 6.81. The SMILES string of the molecule is CC1CCCC(NC(=O)COC(=O)COc2ccccc2C#N)C1C. The number of benzene rings is 1. The van der Waals surface area contributed by atoms with Crippen molar-refractivity contribution in [2.24, 2.45) is 11.8 Å². The molecular weight excluding hydrogens is 320 g/mol. The Morgan fingerprint density at radius 3 is 2.76 bits per heavy atom. The predicted molar refractivity (Wildman–Crippen MR) is 91.7 cm³/mol. The average molecular weight is 344 g/mol. The summed E-state index contributed by atoms with van der Waals surface area (Å²) in [5.74, 6) is 0.371. The van der Waals surface area contributed by atoms with Crippen molar-refractivity contribution < 1.29 is 19.1 Å². The second kappa shape index (κ2) is 9.07. The largest absolute Gasteiger partial charge is 0.481 e. The zero-order valence-electron chi connectivity index (χ0n) is 14.7. The van der Waals surface area contributed by atoms with Gasteiger partial charge in [0.2, 0.25) is 0 Å². The Bertz CT molecular complexity index is 653. The molecule has 25 heavy (non-hydrogen) atoms. The molecular formula is C19H24N2O4. The number of amides is 1. The van der Waals surface area contributed by atoms with Crippen molar-refractivity contribution in [2.45, 2.75) is 39.2 Å². The van der Waals surface area contributed by atoms with Gasteiger partial charge in [-0.15, -0.1) is 0 Å². The van der Waals surface area contributed by atoms with Crippen LogP contribution in [0.2, 0.25) is 0 Å². The lowest BCUT2D eigenvalue weighted by Gasteiger charge is -2.34. The number of nitrogens with one attached hydrogen (secondary N) is 1. The summed E-state index contributed by atoms with van der Waals surface area (Å²) in [5, 5.41) is 11.9. The van der Waals surface area contributed by atoms with Gasteiger partial charge in [0.05, 0.1) is 5.56 Å². The number of carbonyl (C=O) groups is 2. The normalized spacial score (nSPS) is 22.5. The standard InChI is InChI=1S/C19H24N2O4/c1-13-6-5-8-16(14(13)2)21-18(22)11-25-19(23)12-24-17-9-4-3-7-15(17)10-20/h3-4,7,9,13-14,16H,5-6,8,11-12H2,1-2H3,(H,21,22). The van der Waals surface area contributed by atoms with E-state index in [1.54, 1.807) is 24.3 Å². The summed E-state index contributed by atoms with van der Waals surface area (Å²) in [6.07, 6.45) is 3.24. The Hall–Kier alpha value is -2.55. The van der Waals surface area contributed by atoms with E-state index in [2.05, 4.69) is 19.2 Å². The van der Waals surface area contributed by atoms with Crippen molar-refractivity contribution in [3.63, 3.8) is 0 Å². The number of carbonyl (C=O) groups excluding carboxylic acids is 2. The summed E-state index contributed by atoms with van der Waals surface area (Å²) in [6.45, 7) is 3.67. The van der Waals surface area contributed by atoms with Gasteiger partial charge in [0.1, 0.15) is 11.8 Å². The van der Waals surface area contributed by atoms with Gasteiger partial charge in [0.25, 0.3) is 5.91 Å². The number of nitriles is 1. The maximum absolute atomic E-state index is 12.0. The molecule has 3 atom stereocenters. The van der Waals surface area contributed by atoms with Crippen LogP contribution in [0.5, 0.6) is 5.75 Å². The van der Waals surface area contributed by atoms with Crippen LogP contribution in [0.25, 0.3) is 0 Å². The highest BCUT2D eigenvalue weighted by atomic mass is 16.6. The van der Waals surface area contributed by atoms with Crippen molar-refractivity contribution in [3.8, 4) is 11.8 Å². The molecule has 1 N–H and O–H groups in total. The van der Waals surface area contributed by atoms with Crippen molar-refractivity contribution in [1.29, 1.82) is 5.26 Å². The predicted octanol–water partition coefficient (Wildman–Crippen LogP) is 2.42. The van der Waals surface area contributed by atoms with Crippen LogP contribution >= 0.6 is 0 Å². The summed E-state index contributed by atoms with van der Waals surface area (Å²) in [5.41, 5.74) is 0.341. The molecule has 0 aromatic heterocycles. The second-order valence-electron chi connectivity index (χ2n) is 6.50. The van der Waals surface area contributed by atoms with Crippen LogP contribution < -0.4 is 10.1 Å². The van der Waals surface area contributed by atoms with Crippen LogP contribution in [0.15, 0.2) is 24.3 Å². The molecule has 0 spiro atoms. The van der Waals surface area contributed by atoms with Crippen LogP contribution in [-0.4, -0.2) is 31.1 Å². The molecule has 1 aromatic rings. The number of rotatable bonds is 6. The molecule has 2 rings (SSSR count). The van der Waals surface area contributed by atoms with E-state index >= 15 is 0 Å². The van der Waals surface area contributed by atoms with Crippen LogP contribution in [0.3, 0.4) is 0 Å². The molecule has 0 aliphatic heterocycles. The third-order valence-corrected chi connectivity index (χ3v) is 4.77. The maximum Gasteiger partial charge on any atom is 0.344 e. The first-order valence-electron chi connectivity index (χ1n) is 8.58. The number of ether oxygens (including phenoxy) is 2. The van der Waals surface area contributed by atoms with Gasteiger partial charge >= 0.3 is 5.97 Å². The monoisotopic (exact) mass is 344 g/mol. The fourth-order valence-electron chi connectivity index (χ4n) is 3.04. The third kappa shape index (κ3) is 5.49. The highest BCUT2D eigenvalue weighted by molar-refractivity contribution is 5.81. The van der Waals surface area contributed by atoms with E-state index in [0.717, 1.165) is 12.8 Å². The van der Waals surface area contributed by atoms with E-state index in [1.807, 2.05) is 6.07 Å². The molecule has 1 saturated carbocycles. The van der Waals surface area contributed by atoms with E-state index in [1.165, 1.54) is 6.42 Å². The molecule has 6 nitrogen and oxygen atoms in total. The van der Waals surface area contributed by atoms with Gasteiger partial charge in [-0.3, -0.25) is 4.79 Å². The van der Waals surface area contributed by atoms with Crippen LogP contribution in [0, 0.1) is 23.2 Å². The maximum atomic E-state index is 12.0. The summed E-state index contributed by atoms with van der Waals surface area (Å²) >= 11 is 0. The van der Waals surface area contributed by atoms with Crippen LogP contribution in [-0.2, 0) is 14.3 Å². The Morgan fingerprint density at radius 1 is 1.24 bits per heavy atom. The smallest absolute Gasteiger partial charge is 0.344 e. The van der Waals surface area contributed by atoms with E-state index in [9.17, 15) is 9.59 Å². The lowest BCUT2D eigenvalue weighted by atomic mass is 9.78. The summed E-state index contributed by atoms with van der Waals surface area (Å²) in [7, 11) is 0. The highest BCUT2D eigenvalue weighted by Crippen LogP contribution is 2.29. The minimum absolute atomic E-state index is 0.133. The van der Waals surface area contributed by atoms with Gasteiger partial charge in [-0.2, -0.15) is 5.26 Å². The first-order chi connectivity index (χ1) is 12.0. The number of hydrogen-bond donors (Lipinski definition) is 1. The molecule has 1 amide bonds. The number of esters is 1. The van der Waals surface area contributed by atoms with Crippen molar-refractivity contribution in [1.82, 2.24) is 5.32 Å². The van der Waals surface area contributed by atoms with Gasteiger partial charge in [-0.1, -0.05) is 38.8 Å². The molecule has 3 unspecified atom stereocenters. The molecule has 1 aliphatic carbocycles. The van der Waals surface area contributed by atoms with E-state index in [-0.39, 0.29) is 25.2 Å². The molecule has 1 aliphatic rings. The summed E-state index contributed by atoms with van der Waals surface area (Å²) in [4.78, 5) is 23.7. The van der Waals surface area contributed by atoms with Crippen LogP contribution in [0.4, 0.5) is 0 Å². The Morgan fingerprint density at radius 2 is 2.00 bits per heavy atom. The van der Waals surface area contributed by atoms with Gasteiger partial charge < -0.3 is 14.8 Å². The van der Waals surface area contributed by atoms with Crippen molar-refractivity contribution in [2.75, 3.05) is 13.2 Å². The van der Waals surface area contributed by atoms with E-state index in [4.69, 9.17) is 14.7 Å². The third-order valence-electron chi connectivity index (χ3n) is 4.77. The molecule has 6 heteroatoms. The molecule has 1 fully saturated rings. The zero-order valence-corrected chi connectivity index (χ0v) is 14.7. The van der Waals surface area contributed by atoms with E-state index in [0.29, 0.717) is 23.1 Å². The minimum Gasteiger partial charge on any atom is -0.481 e. The van der Waals surface area contributed by atoms with E-state index < -0.39 is 5.97 Å². The van der Waals surface area contributed by atoms with Gasteiger partial charge in [0.15, 0.2) is 13.2 Å². The first-order valence-corrected chi connectivity index (χ1v) is 8.58. The second-order valence-corrected chi connectivity index (χ2v) is 6.50. The Labute approximate surface area is 148 Å². The topological polar surface area (TPSA) is 88.4 Å². The lowest BCUT2D eigenvalue weighted by molar-refractivity contribution is -0.150. The van der Waals surface area contributed by atoms with Crippen molar-refractivity contribution >= 4 is 11.9 Å². The van der Waals surface area contributed by atoms with Crippen molar-refractivity contribution in [3.05, 3.63) is 29.8 Å². The zero-order chi connectivity index (χ0) is 18.2. The molecule has 0 radical (unpaired) electrons. The fraction of sp³-hybridized carbons (Fsp3) is 0.526. The Balaban J connectivity index is 1.72. The molecule has 0 heterocycles. The minimum atomic E-state index is -0.645. The summed E-state index contributed by atoms with van der Waals surface area (Å²) < 4.78 is 10.2. The number of hydrogen-bond acceptors (Lipinski definition) is 5. The van der Waals surface area contributed by atoms with Crippen LogP contribution in [0.1, 0.15) is 38.7 Å². The van der Waals surface area contributed by atoms with Gasteiger partial charge in [-0.05, 0) is 30.4 Å². The number of nitrogens with zero attached hydrogens (tertiary/aromatic N) is 1. The molecule has 0 bridgehead atoms. The number of para-hydroxylation sites is 1.